The average molecular weight is 481 g/mol. The van der Waals surface area contributed by atoms with Crippen LogP contribution in [0.1, 0.15) is 42.4 Å². The fraction of sp³-hybridized carbons (Fsp3) is 0.462. The van der Waals surface area contributed by atoms with Gasteiger partial charge in [-0.1, -0.05) is 24.3 Å². The van der Waals surface area contributed by atoms with Gasteiger partial charge in [0, 0.05) is 52.2 Å². The van der Waals surface area contributed by atoms with E-state index < -0.39 is 10.0 Å². The predicted molar refractivity (Wildman–Crippen MR) is 130 cm³/mol. The van der Waals surface area contributed by atoms with Gasteiger partial charge >= 0.3 is 0 Å². The van der Waals surface area contributed by atoms with Crippen molar-refractivity contribution in [3.63, 3.8) is 0 Å². The number of carbonyl (C=O) groups excluding carboxylic acids is 1. The Morgan fingerprint density at radius 3 is 2.18 bits per heavy atom. The molecule has 2 aliphatic rings. The van der Waals surface area contributed by atoms with Crippen LogP contribution in [0.5, 0.6) is 0 Å². The molecule has 0 bridgehead atoms. The number of nitrogens with zero attached hydrogens (tertiary/aromatic N) is 4. The number of sulfonamides is 1. The maximum atomic E-state index is 12.8. The molecule has 2 saturated heterocycles. The summed E-state index contributed by atoms with van der Waals surface area (Å²) in [5, 5.41) is 8.95. The van der Waals surface area contributed by atoms with Crippen LogP contribution in [0, 0.1) is 11.3 Å². The highest BCUT2D eigenvalue weighted by molar-refractivity contribution is 7.89. The number of rotatable bonds is 7. The van der Waals surface area contributed by atoms with E-state index in [4.69, 9.17) is 5.26 Å². The number of benzene rings is 2. The molecule has 0 radical (unpaired) electrons. The molecule has 2 aromatic rings. The maximum absolute atomic E-state index is 12.8. The van der Waals surface area contributed by atoms with Crippen LogP contribution in [0.25, 0.3) is 0 Å². The molecule has 2 aromatic carbocycles. The Labute approximate surface area is 202 Å². The van der Waals surface area contributed by atoms with Crippen LogP contribution >= 0.6 is 0 Å². The minimum atomic E-state index is -3.40. The fourth-order valence-corrected chi connectivity index (χ4v) is 6.15. The van der Waals surface area contributed by atoms with E-state index in [-0.39, 0.29) is 5.91 Å². The van der Waals surface area contributed by atoms with Crippen molar-refractivity contribution in [1.29, 1.82) is 5.26 Å². The highest BCUT2D eigenvalue weighted by Gasteiger charge is 2.27. The smallest absolute Gasteiger partial charge is 0.243 e. The Hall–Kier alpha value is -2.73. The molecule has 0 atom stereocenters. The molecular weight excluding hydrogens is 448 g/mol. The Morgan fingerprint density at radius 2 is 1.50 bits per heavy atom. The van der Waals surface area contributed by atoms with Crippen LogP contribution in [0.3, 0.4) is 0 Å². The maximum Gasteiger partial charge on any atom is 0.243 e. The molecule has 4 rings (SSSR count). The van der Waals surface area contributed by atoms with E-state index in [0.717, 1.165) is 51.0 Å². The molecule has 0 aliphatic carbocycles. The molecular formula is C26H32N4O3S. The first-order valence-corrected chi connectivity index (χ1v) is 13.5. The summed E-state index contributed by atoms with van der Waals surface area (Å²) in [6.45, 7) is 5.25. The minimum absolute atomic E-state index is 0.147. The lowest BCUT2D eigenvalue weighted by Gasteiger charge is -2.22. The van der Waals surface area contributed by atoms with E-state index in [9.17, 15) is 13.2 Å². The summed E-state index contributed by atoms with van der Waals surface area (Å²) in [6.07, 6.45) is 3.81. The second-order valence-corrected chi connectivity index (χ2v) is 11.0. The van der Waals surface area contributed by atoms with Gasteiger partial charge < -0.3 is 4.90 Å². The first-order valence-electron chi connectivity index (χ1n) is 12.0. The molecule has 0 N–H and O–H groups in total. The molecule has 7 nitrogen and oxygen atoms in total. The zero-order valence-electron chi connectivity index (χ0n) is 19.5. The van der Waals surface area contributed by atoms with Crippen molar-refractivity contribution >= 4 is 15.9 Å². The number of nitriles is 1. The number of hydrogen-bond acceptors (Lipinski definition) is 5. The average Bonchev–Trinajstić information content (AvgIpc) is 3.32. The van der Waals surface area contributed by atoms with Gasteiger partial charge in [0.1, 0.15) is 0 Å². The number of amides is 1. The second-order valence-electron chi connectivity index (χ2n) is 9.07. The molecule has 2 fully saturated rings. The third-order valence-corrected chi connectivity index (χ3v) is 8.60. The Morgan fingerprint density at radius 1 is 0.824 bits per heavy atom. The third-order valence-electron chi connectivity index (χ3n) is 6.68. The summed E-state index contributed by atoms with van der Waals surface area (Å²) in [6, 6.07) is 16.8. The van der Waals surface area contributed by atoms with Crippen LogP contribution in [0.2, 0.25) is 0 Å². The van der Waals surface area contributed by atoms with Gasteiger partial charge in [-0.3, -0.25) is 9.69 Å². The van der Waals surface area contributed by atoms with Gasteiger partial charge in [0.05, 0.1) is 16.5 Å². The topological polar surface area (TPSA) is 84.7 Å². The Bertz CT molecular complexity index is 1120. The van der Waals surface area contributed by atoms with Crippen molar-refractivity contribution in [2.24, 2.45) is 0 Å². The lowest BCUT2D eigenvalue weighted by molar-refractivity contribution is -0.131. The standard InChI is InChI=1S/C26H32N4O3S/c27-20-23-4-6-24(7-5-23)21-28-14-3-15-29(19-18-28)26(31)13-10-22-8-11-25(12-9-22)34(32,33)30-16-1-2-17-30/h4-9,11-12H,1-3,10,13-19,21H2. The fourth-order valence-electron chi connectivity index (χ4n) is 4.64. The van der Waals surface area contributed by atoms with Gasteiger partial charge in [-0.2, -0.15) is 9.57 Å². The first-order chi connectivity index (χ1) is 16.5. The lowest BCUT2D eigenvalue weighted by atomic mass is 10.1. The van der Waals surface area contributed by atoms with E-state index in [1.807, 2.05) is 41.3 Å². The zero-order valence-corrected chi connectivity index (χ0v) is 20.3. The van der Waals surface area contributed by atoms with E-state index in [1.165, 1.54) is 5.56 Å². The predicted octanol–water partition coefficient (Wildman–Crippen LogP) is 3.01. The van der Waals surface area contributed by atoms with Crippen molar-refractivity contribution in [2.45, 2.75) is 43.5 Å². The third kappa shape index (κ3) is 6.03. The highest BCUT2D eigenvalue weighted by atomic mass is 32.2. The van der Waals surface area contributed by atoms with Crippen LogP contribution in [0.15, 0.2) is 53.4 Å². The molecule has 0 unspecified atom stereocenters. The molecule has 0 saturated carbocycles. The van der Waals surface area contributed by atoms with Gasteiger partial charge in [0.2, 0.25) is 15.9 Å². The van der Waals surface area contributed by atoms with Crippen molar-refractivity contribution in [3.05, 3.63) is 65.2 Å². The summed E-state index contributed by atoms with van der Waals surface area (Å²) in [5.74, 6) is 0.147. The Kier molecular flexibility index (Phi) is 7.99. The van der Waals surface area contributed by atoms with Gasteiger partial charge in [0.25, 0.3) is 0 Å². The summed E-state index contributed by atoms with van der Waals surface area (Å²) in [7, 11) is -3.40. The van der Waals surface area contributed by atoms with Gasteiger partial charge in [-0.25, -0.2) is 8.42 Å². The SMILES string of the molecule is N#Cc1ccc(CN2CCCN(C(=O)CCc3ccc(S(=O)(=O)N4CCCC4)cc3)CC2)cc1. The number of hydrogen-bond donors (Lipinski definition) is 0. The van der Waals surface area contributed by atoms with Crippen LogP contribution in [0.4, 0.5) is 0 Å². The summed E-state index contributed by atoms with van der Waals surface area (Å²) in [4.78, 5) is 17.5. The summed E-state index contributed by atoms with van der Waals surface area (Å²) < 4.78 is 26.9. The lowest BCUT2D eigenvalue weighted by Crippen LogP contribution is -2.35. The molecule has 8 heteroatoms. The van der Waals surface area contributed by atoms with Crippen molar-refractivity contribution in [3.8, 4) is 6.07 Å². The summed E-state index contributed by atoms with van der Waals surface area (Å²) >= 11 is 0. The summed E-state index contributed by atoms with van der Waals surface area (Å²) in [5.41, 5.74) is 2.82. The normalized spacial score (nSPS) is 17.9. The number of carbonyl (C=O) groups is 1. The first kappa shape index (κ1) is 24.4. The van der Waals surface area contributed by atoms with E-state index in [0.29, 0.717) is 42.9 Å². The Balaban J connectivity index is 1.25. The van der Waals surface area contributed by atoms with Gasteiger partial charge in [-0.05, 0) is 61.1 Å². The molecule has 2 aliphatic heterocycles. The van der Waals surface area contributed by atoms with Crippen LogP contribution in [-0.2, 0) is 27.8 Å². The quantitative estimate of drug-likeness (QED) is 0.608. The van der Waals surface area contributed by atoms with Crippen LogP contribution < -0.4 is 0 Å². The van der Waals surface area contributed by atoms with E-state index in [2.05, 4.69) is 11.0 Å². The van der Waals surface area contributed by atoms with E-state index in [1.54, 1.807) is 16.4 Å². The molecule has 34 heavy (non-hydrogen) atoms. The number of aryl methyl sites for hydroxylation is 1. The molecule has 0 aromatic heterocycles. The molecule has 2 heterocycles. The molecule has 0 spiro atoms. The van der Waals surface area contributed by atoms with E-state index >= 15 is 0 Å². The molecule has 1 amide bonds. The largest absolute Gasteiger partial charge is 0.341 e. The monoisotopic (exact) mass is 480 g/mol. The van der Waals surface area contributed by atoms with Gasteiger partial charge in [0.15, 0.2) is 0 Å². The highest BCUT2D eigenvalue weighted by Crippen LogP contribution is 2.21. The molecule has 180 valence electrons. The van der Waals surface area contributed by atoms with Crippen molar-refractivity contribution < 1.29 is 13.2 Å². The second kappa shape index (κ2) is 11.1. The minimum Gasteiger partial charge on any atom is -0.341 e. The van der Waals surface area contributed by atoms with Crippen molar-refractivity contribution in [2.75, 3.05) is 39.3 Å². The van der Waals surface area contributed by atoms with Crippen molar-refractivity contribution in [1.82, 2.24) is 14.1 Å². The van der Waals surface area contributed by atoms with Crippen LogP contribution in [-0.4, -0.2) is 67.7 Å². The zero-order chi connectivity index (χ0) is 24.0. The van der Waals surface area contributed by atoms with Gasteiger partial charge in [-0.15, -0.1) is 0 Å².